The molecular formula is C23H27N3O2S. The Morgan fingerprint density at radius 1 is 1.03 bits per heavy atom. The summed E-state index contributed by atoms with van der Waals surface area (Å²) in [6, 6.07) is 16.0. The minimum atomic E-state index is -0.0661. The van der Waals surface area contributed by atoms with Gasteiger partial charge in [-0.15, -0.1) is 11.8 Å². The molecule has 0 radical (unpaired) electrons. The summed E-state index contributed by atoms with van der Waals surface area (Å²) in [5.41, 5.74) is 2.96. The highest BCUT2D eigenvalue weighted by atomic mass is 32.2. The summed E-state index contributed by atoms with van der Waals surface area (Å²) >= 11 is 1.56. The van der Waals surface area contributed by atoms with Gasteiger partial charge in [-0.2, -0.15) is 0 Å². The normalized spacial score (nSPS) is 17.1. The molecule has 2 aromatic rings. The van der Waals surface area contributed by atoms with E-state index in [9.17, 15) is 9.59 Å². The maximum atomic E-state index is 12.5. The lowest BCUT2D eigenvalue weighted by atomic mass is 10.1. The minimum Gasteiger partial charge on any atom is -0.326 e. The fourth-order valence-corrected chi connectivity index (χ4v) is 4.89. The zero-order valence-electron chi connectivity index (χ0n) is 16.6. The second-order valence-corrected chi connectivity index (χ2v) is 8.65. The van der Waals surface area contributed by atoms with Crippen molar-refractivity contribution in [2.45, 2.75) is 37.1 Å². The number of rotatable bonds is 6. The first-order valence-electron chi connectivity index (χ1n) is 10.3. The molecule has 4 rings (SSSR count). The number of benzene rings is 2. The number of thioether (sulfide) groups is 1. The van der Waals surface area contributed by atoms with Gasteiger partial charge in [0, 0.05) is 30.1 Å². The molecule has 2 aliphatic heterocycles. The van der Waals surface area contributed by atoms with E-state index in [0.29, 0.717) is 12.3 Å². The van der Waals surface area contributed by atoms with Crippen LogP contribution >= 0.6 is 11.8 Å². The maximum Gasteiger partial charge on any atom is 0.237 e. The highest BCUT2D eigenvalue weighted by Crippen LogP contribution is 2.34. The van der Waals surface area contributed by atoms with Gasteiger partial charge in [-0.25, -0.2) is 0 Å². The molecule has 5 nitrogen and oxygen atoms in total. The number of fused-ring (bicyclic) bond motifs is 1. The van der Waals surface area contributed by atoms with Crippen molar-refractivity contribution in [1.82, 2.24) is 4.90 Å². The van der Waals surface area contributed by atoms with Gasteiger partial charge in [-0.1, -0.05) is 30.7 Å². The van der Waals surface area contributed by atoms with Crippen LogP contribution in [-0.2, 0) is 16.1 Å². The van der Waals surface area contributed by atoms with E-state index in [1.165, 1.54) is 24.8 Å². The van der Waals surface area contributed by atoms with Gasteiger partial charge < -0.3 is 10.2 Å². The lowest BCUT2D eigenvalue weighted by Crippen LogP contribution is -2.37. The smallest absolute Gasteiger partial charge is 0.237 e. The Labute approximate surface area is 176 Å². The number of para-hydroxylation sites is 1. The zero-order chi connectivity index (χ0) is 20.1. The third-order valence-electron chi connectivity index (χ3n) is 5.44. The first-order chi connectivity index (χ1) is 14.2. The molecule has 29 heavy (non-hydrogen) atoms. The number of anilines is 2. The summed E-state index contributed by atoms with van der Waals surface area (Å²) in [5.74, 6) is 0.422. The van der Waals surface area contributed by atoms with Crippen LogP contribution in [0.15, 0.2) is 53.4 Å². The van der Waals surface area contributed by atoms with Crippen LogP contribution in [0.25, 0.3) is 0 Å². The van der Waals surface area contributed by atoms with E-state index in [4.69, 9.17) is 0 Å². The van der Waals surface area contributed by atoms with Gasteiger partial charge in [0.25, 0.3) is 0 Å². The van der Waals surface area contributed by atoms with E-state index in [1.807, 2.05) is 36.4 Å². The molecule has 0 aromatic heterocycles. The van der Waals surface area contributed by atoms with Crippen LogP contribution in [0.5, 0.6) is 0 Å². The highest BCUT2D eigenvalue weighted by Gasteiger charge is 2.24. The number of nitrogens with zero attached hydrogens (tertiary/aromatic N) is 2. The molecule has 0 unspecified atom stereocenters. The molecule has 6 heteroatoms. The number of amides is 2. The number of likely N-dealkylation sites (tertiary alicyclic amines) is 1. The Hall–Kier alpha value is -2.31. The SMILES string of the molecule is O=C(CCN1C(=O)CSc2ccccc21)Nc1cccc(CN2CCCCC2)c1. The van der Waals surface area contributed by atoms with Crippen molar-refractivity contribution in [3.63, 3.8) is 0 Å². The maximum absolute atomic E-state index is 12.5. The summed E-state index contributed by atoms with van der Waals surface area (Å²) in [5, 5.41) is 3.00. The molecule has 1 fully saturated rings. The number of nitrogens with one attached hydrogen (secondary N) is 1. The van der Waals surface area contributed by atoms with Crippen LogP contribution in [0, 0.1) is 0 Å². The third-order valence-corrected chi connectivity index (χ3v) is 6.48. The van der Waals surface area contributed by atoms with E-state index in [2.05, 4.69) is 22.3 Å². The number of carbonyl (C=O) groups excluding carboxylic acids is 2. The number of carbonyl (C=O) groups is 2. The standard InChI is InChI=1S/C23H27N3O2S/c27-22(11-14-26-20-9-2-3-10-21(20)29-17-23(26)28)24-19-8-6-7-18(15-19)16-25-12-4-1-5-13-25/h2-3,6-10,15H,1,4-5,11-14,16-17H2,(H,24,27). The first-order valence-corrected chi connectivity index (χ1v) is 11.3. The predicted octanol–water partition coefficient (Wildman–Crippen LogP) is 4.14. The van der Waals surface area contributed by atoms with Crippen molar-refractivity contribution in [1.29, 1.82) is 0 Å². The molecule has 2 amide bonds. The van der Waals surface area contributed by atoms with Gasteiger partial charge in [0.1, 0.15) is 0 Å². The van der Waals surface area contributed by atoms with Crippen molar-refractivity contribution in [2.75, 3.05) is 35.6 Å². The molecule has 2 heterocycles. The van der Waals surface area contributed by atoms with Crippen molar-refractivity contribution >= 4 is 35.0 Å². The second-order valence-electron chi connectivity index (χ2n) is 7.64. The molecule has 1 N–H and O–H groups in total. The van der Waals surface area contributed by atoms with Crippen molar-refractivity contribution in [3.8, 4) is 0 Å². The average molecular weight is 410 g/mol. The molecule has 0 bridgehead atoms. The van der Waals surface area contributed by atoms with Crippen molar-refractivity contribution < 1.29 is 9.59 Å². The van der Waals surface area contributed by atoms with Crippen LogP contribution in [0.1, 0.15) is 31.2 Å². The fraction of sp³-hybridized carbons (Fsp3) is 0.391. The monoisotopic (exact) mass is 409 g/mol. The molecule has 152 valence electrons. The van der Waals surface area contributed by atoms with Gasteiger partial charge >= 0.3 is 0 Å². The number of piperidine rings is 1. The second kappa shape index (κ2) is 9.46. The summed E-state index contributed by atoms with van der Waals surface area (Å²) in [6.07, 6.45) is 4.15. The van der Waals surface area contributed by atoms with Gasteiger partial charge in [0.15, 0.2) is 0 Å². The molecule has 2 aromatic carbocycles. The van der Waals surface area contributed by atoms with E-state index in [1.54, 1.807) is 16.7 Å². The van der Waals surface area contributed by atoms with Crippen molar-refractivity contribution in [3.05, 3.63) is 54.1 Å². The van der Waals surface area contributed by atoms with E-state index in [0.717, 1.165) is 35.9 Å². The van der Waals surface area contributed by atoms with Crippen LogP contribution in [0.3, 0.4) is 0 Å². The zero-order valence-corrected chi connectivity index (χ0v) is 17.4. The largest absolute Gasteiger partial charge is 0.326 e. The quantitative estimate of drug-likeness (QED) is 0.779. The fourth-order valence-electron chi connectivity index (χ4n) is 3.96. The summed E-state index contributed by atoms with van der Waals surface area (Å²) in [7, 11) is 0. The van der Waals surface area contributed by atoms with Crippen LogP contribution in [0.4, 0.5) is 11.4 Å². The highest BCUT2D eigenvalue weighted by molar-refractivity contribution is 8.00. The van der Waals surface area contributed by atoms with Gasteiger partial charge in [-0.3, -0.25) is 14.5 Å². The lowest BCUT2D eigenvalue weighted by Gasteiger charge is -2.28. The molecule has 1 saturated heterocycles. The Morgan fingerprint density at radius 2 is 1.86 bits per heavy atom. The lowest BCUT2D eigenvalue weighted by molar-refractivity contribution is -0.117. The van der Waals surface area contributed by atoms with Crippen LogP contribution in [-0.4, -0.2) is 42.1 Å². The molecule has 2 aliphatic rings. The third kappa shape index (κ3) is 5.19. The Kier molecular flexibility index (Phi) is 6.52. The number of hydrogen-bond donors (Lipinski definition) is 1. The Morgan fingerprint density at radius 3 is 2.72 bits per heavy atom. The summed E-state index contributed by atoms with van der Waals surface area (Å²) in [6.45, 7) is 3.64. The first kappa shape index (κ1) is 20.0. The minimum absolute atomic E-state index is 0.0602. The Bertz CT molecular complexity index is 880. The average Bonchev–Trinajstić information content (AvgIpc) is 2.74. The molecule has 0 saturated carbocycles. The topological polar surface area (TPSA) is 52.7 Å². The molecule has 0 aliphatic carbocycles. The summed E-state index contributed by atoms with van der Waals surface area (Å²) in [4.78, 5) is 30.1. The molecular weight excluding hydrogens is 382 g/mol. The summed E-state index contributed by atoms with van der Waals surface area (Å²) < 4.78 is 0. The number of hydrogen-bond acceptors (Lipinski definition) is 4. The van der Waals surface area contributed by atoms with Crippen molar-refractivity contribution in [2.24, 2.45) is 0 Å². The van der Waals surface area contributed by atoms with Gasteiger partial charge in [0.05, 0.1) is 11.4 Å². The van der Waals surface area contributed by atoms with Gasteiger partial charge in [-0.05, 0) is 55.8 Å². The van der Waals surface area contributed by atoms with E-state index >= 15 is 0 Å². The van der Waals surface area contributed by atoms with E-state index in [-0.39, 0.29) is 18.2 Å². The van der Waals surface area contributed by atoms with E-state index < -0.39 is 0 Å². The Balaban J connectivity index is 1.33. The molecule has 0 atom stereocenters. The van der Waals surface area contributed by atoms with Crippen LogP contribution < -0.4 is 10.2 Å². The van der Waals surface area contributed by atoms with Crippen LogP contribution in [0.2, 0.25) is 0 Å². The predicted molar refractivity (Wildman–Crippen MR) is 118 cm³/mol. The van der Waals surface area contributed by atoms with Gasteiger partial charge in [0.2, 0.25) is 11.8 Å². The molecule has 0 spiro atoms.